The molecule has 2 aliphatic rings. The molecule has 0 radical (unpaired) electrons. The SMILES string of the molecule is NC(=NCCC1CCS(=O)(=O)CC1)N1CCSCC1. The summed E-state index contributed by atoms with van der Waals surface area (Å²) in [5.41, 5.74) is 5.98. The van der Waals surface area contributed by atoms with Gasteiger partial charge in [-0.15, -0.1) is 0 Å². The van der Waals surface area contributed by atoms with Gasteiger partial charge in [0.05, 0.1) is 11.5 Å². The lowest BCUT2D eigenvalue weighted by molar-refractivity contribution is 0.433. The molecule has 2 aliphatic heterocycles. The summed E-state index contributed by atoms with van der Waals surface area (Å²) < 4.78 is 22.7. The van der Waals surface area contributed by atoms with E-state index in [0.717, 1.165) is 50.4 Å². The average Bonchev–Trinajstić information content (AvgIpc) is 2.41. The van der Waals surface area contributed by atoms with Crippen molar-refractivity contribution in [3.05, 3.63) is 0 Å². The van der Waals surface area contributed by atoms with Crippen molar-refractivity contribution in [3.63, 3.8) is 0 Å². The van der Waals surface area contributed by atoms with E-state index >= 15 is 0 Å². The van der Waals surface area contributed by atoms with E-state index in [4.69, 9.17) is 5.73 Å². The van der Waals surface area contributed by atoms with Crippen LogP contribution in [0.15, 0.2) is 4.99 Å². The second kappa shape index (κ2) is 6.83. The summed E-state index contributed by atoms with van der Waals surface area (Å²) in [5, 5.41) is 0. The molecule has 0 bridgehead atoms. The second-order valence-electron chi connectivity index (χ2n) is 5.22. The van der Waals surface area contributed by atoms with Crippen molar-refractivity contribution in [2.75, 3.05) is 42.6 Å². The summed E-state index contributed by atoms with van der Waals surface area (Å²) in [7, 11) is -2.75. The van der Waals surface area contributed by atoms with Crippen LogP contribution in [0.1, 0.15) is 19.3 Å². The van der Waals surface area contributed by atoms with Gasteiger partial charge in [-0.2, -0.15) is 11.8 Å². The van der Waals surface area contributed by atoms with Crippen molar-refractivity contribution in [1.29, 1.82) is 0 Å². The quantitative estimate of drug-likeness (QED) is 0.609. The van der Waals surface area contributed by atoms with Crippen LogP contribution in [0.25, 0.3) is 0 Å². The maximum Gasteiger partial charge on any atom is 0.191 e. The smallest absolute Gasteiger partial charge is 0.191 e. The van der Waals surface area contributed by atoms with E-state index in [9.17, 15) is 8.42 Å². The van der Waals surface area contributed by atoms with E-state index in [1.54, 1.807) is 0 Å². The van der Waals surface area contributed by atoms with Gasteiger partial charge in [0.2, 0.25) is 0 Å². The van der Waals surface area contributed by atoms with E-state index < -0.39 is 9.84 Å². The summed E-state index contributed by atoms with van der Waals surface area (Å²) in [6.45, 7) is 2.70. The van der Waals surface area contributed by atoms with Gasteiger partial charge in [0.1, 0.15) is 9.84 Å². The molecule has 0 saturated carbocycles. The summed E-state index contributed by atoms with van der Waals surface area (Å²) >= 11 is 1.95. The van der Waals surface area contributed by atoms with Crippen LogP contribution in [0.5, 0.6) is 0 Å². The molecule has 0 spiro atoms. The van der Waals surface area contributed by atoms with Crippen molar-refractivity contribution in [1.82, 2.24) is 4.90 Å². The molecule has 110 valence electrons. The fraction of sp³-hybridized carbons (Fsp3) is 0.917. The van der Waals surface area contributed by atoms with E-state index in [0.29, 0.717) is 23.4 Å². The van der Waals surface area contributed by atoms with Crippen molar-refractivity contribution < 1.29 is 8.42 Å². The van der Waals surface area contributed by atoms with Gasteiger partial charge in [-0.1, -0.05) is 0 Å². The van der Waals surface area contributed by atoms with Crippen molar-refractivity contribution >= 4 is 27.6 Å². The van der Waals surface area contributed by atoms with E-state index in [1.165, 1.54) is 0 Å². The number of nitrogens with zero attached hydrogens (tertiary/aromatic N) is 2. The van der Waals surface area contributed by atoms with Crippen LogP contribution in [0.2, 0.25) is 0 Å². The van der Waals surface area contributed by atoms with Gasteiger partial charge in [-0.25, -0.2) is 8.42 Å². The van der Waals surface area contributed by atoms with Crippen LogP contribution in [-0.2, 0) is 9.84 Å². The zero-order chi connectivity index (χ0) is 13.7. The minimum absolute atomic E-state index is 0.347. The van der Waals surface area contributed by atoms with Crippen LogP contribution in [-0.4, -0.2) is 61.9 Å². The maximum absolute atomic E-state index is 11.3. The first-order chi connectivity index (χ1) is 9.07. The van der Waals surface area contributed by atoms with Crippen LogP contribution < -0.4 is 5.73 Å². The minimum atomic E-state index is -2.75. The first kappa shape index (κ1) is 15.0. The molecular formula is C12H23N3O2S2. The maximum atomic E-state index is 11.3. The monoisotopic (exact) mass is 305 g/mol. The molecular weight excluding hydrogens is 282 g/mol. The number of aliphatic imine (C=N–C) groups is 1. The summed E-state index contributed by atoms with van der Waals surface area (Å²) in [6.07, 6.45) is 2.54. The van der Waals surface area contributed by atoms with Crippen LogP contribution in [0, 0.1) is 5.92 Å². The second-order valence-corrected chi connectivity index (χ2v) is 8.75. The van der Waals surface area contributed by atoms with E-state index in [-0.39, 0.29) is 0 Å². The lowest BCUT2D eigenvalue weighted by atomic mass is 9.99. The Balaban J connectivity index is 1.70. The molecule has 2 heterocycles. The van der Waals surface area contributed by atoms with Gasteiger partial charge < -0.3 is 10.6 Å². The molecule has 19 heavy (non-hydrogen) atoms. The van der Waals surface area contributed by atoms with Gasteiger partial charge >= 0.3 is 0 Å². The first-order valence-electron chi connectivity index (χ1n) is 6.90. The van der Waals surface area contributed by atoms with Crippen LogP contribution in [0.3, 0.4) is 0 Å². The molecule has 7 heteroatoms. The fourth-order valence-electron chi connectivity index (χ4n) is 2.48. The minimum Gasteiger partial charge on any atom is -0.370 e. The number of guanidine groups is 1. The van der Waals surface area contributed by atoms with Crippen molar-refractivity contribution in [2.24, 2.45) is 16.6 Å². The summed E-state index contributed by atoms with van der Waals surface area (Å²) in [5.74, 6) is 4.09. The number of thioether (sulfide) groups is 1. The van der Waals surface area contributed by atoms with E-state index in [2.05, 4.69) is 9.89 Å². The Bertz CT molecular complexity index is 403. The normalized spacial score (nSPS) is 25.5. The molecule has 0 amide bonds. The molecule has 0 atom stereocenters. The van der Waals surface area contributed by atoms with Crippen molar-refractivity contribution in [3.8, 4) is 0 Å². The Morgan fingerprint density at radius 1 is 1.26 bits per heavy atom. The number of hydrogen-bond donors (Lipinski definition) is 1. The highest BCUT2D eigenvalue weighted by Gasteiger charge is 2.23. The van der Waals surface area contributed by atoms with Crippen LogP contribution >= 0.6 is 11.8 Å². The van der Waals surface area contributed by atoms with Gasteiger partial charge in [-0.3, -0.25) is 4.99 Å². The van der Waals surface area contributed by atoms with Crippen molar-refractivity contribution in [2.45, 2.75) is 19.3 Å². The number of sulfone groups is 1. The molecule has 2 rings (SSSR count). The molecule has 2 fully saturated rings. The third kappa shape index (κ3) is 4.87. The molecule has 0 aromatic rings. The predicted molar refractivity (Wildman–Crippen MR) is 81.4 cm³/mol. The topological polar surface area (TPSA) is 75.8 Å². The standard InChI is InChI=1S/C12H23N3O2S2/c13-12(15-5-7-18-8-6-15)14-4-1-11-2-9-19(16,17)10-3-11/h11H,1-10H2,(H2,13,14). The number of nitrogens with two attached hydrogens (primary N) is 1. The summed E-state index contributed by atoms with van der Waals surface area (Å²) in [4.78, 5) is 6.58. The Morgan fingerprint density at radius 2 is 1.89 bits per heavy atom. The van der Waals surface area contributed by atoms with Gasteiger partial charge in [0.25, 0.3) is 0 Å². The largest absolute Gasteiger partial charge is 0.370 e. The first-order valence-corrected chi connectivity index (χ1v) is 9.87. The average molecular weight is 305 g/mol. The third-order valence-corrected chi connectivity index (χ3v) is 6.48. The van der Waals surface area contributed by atoms with E-state index in [1.807, 2.05) is 11.8 Å². The molecule has 2 saturated heterocycles. The molecule has 5 nitrogen and oxygen atoms in total. The molecule has 0 aromatic carbocycles. The number of hydrogen-bond acceptors (Lipinski definition) is 4. The summed E-state index contributed by atoms with van der Waals surface area (Å²) in [6, 6.07) is 0. The number of rotatable bonds is 3. The lowest BCUT2D eigenvalue weighted by Crippen LogP contribution is -2.42. The fourth-order valence-corrected chi connectivity index (χ4v) is 4.97. The molecule has 2 N–H and O–H groups in total. The molecule has 0 unspecified atom stereocenters. The Hall–Kier alpha value is -0.430. The highest BCUT2D eigenvalue weighted by molar-refractivity contribution is 7.99. The van der Waals surface area contributed by atoms with Gasteiger partial charge in [0, 0.05) is 31.1 Å². The van der Waals surface area contributed by atoms with Crippen LogP contribution in [0.4, 0.5) is 0 Å². The zero-order valence-corrected chi connectivity index (χ0v) is 12.9. The highest BCUT2D eigenvalue weighted by Crippen LogP contribution is 2.21. The Labute approximate surface area is 119 Å². The highest BCUT2D eigenvalue weighted by atomic mass is 32.2. The molecule has 0 aromatic heterocycles. The predicted octanol–water partition coefficient (Wildman–Crippen LogP) is 0.565. The molecule has 0 aliphatic carbocycles. The van der Waals surface area contributed by atoms with Gasteiger partial charge in [-0.05, 0) is 25.2 Å². The lowest BCUT2D eigenvalue weighted by Gasteiger charge is -2.27. The Morgan fingerprint density at radius 3 is 2.53 bits per heavy atom. The van der Waals surface area contributed by atoms with Gasteiger partial charge in [0.15, 0.2) is 5.96 Å². The zero-order valence-electron chi connectivity index (χ0n) is 11.3. The third-order valence-electron chi connectivity index (χ3n) is 3.82. The Kier molecular flexibility index (Phi) is 5.38.